The molecule has 3 N–H and O–H groups in total. The van der Waals surface area contributed by atoms with Crippen LogP contribution in [-0.4, -0.2) is 13.0 Å². The Hall–Kier alpha value is -1.91. The molecule has 0 radical (unpaired) electrons. The first kappa shape index (κ1) is 14.5. The molecule has 1 amide bonds. The van der Waals surface area contributed by atoms with Gasteiger partial charge in [-0.25, -0.2) is 0 Å². The number of rotatable bonds is 3. The Morgan fingerprint density at radius 1 is 1.15 bits per heavy atom. The van der Waals surface area contributed by atoms with Gasteiger partial charge in [-0.3, -0.25) is 4.79 Å². The number of benzene rings is 2. The van der Waals surface area contributed by atoms with Crippen LogP contribution in [0.25, 0.3) is 0 Å². The Morgan fingerprint density at radius 3 is 2.35 bits per heavy atom. The van der Waals surface area contributed by atoms with E-state index in [9.17, 15) is 4.79 Å². The van der Waals surface area contributed by atoms with Crippen LogP contribution >= 0.6 is 23.2 Å². The number of nitrogen functional groups attached to an aromatic ring is 1. The van der Waals surface area contributed by atoms with E-state index in [1.54, 1.807) is 36.4 Å². The van der Waals surface area contributed by atoms with E-state index in [1.165, 1.54) is 7.11 Å². The molecular formula is C14H12Cl2N2O2. The lowest BCUT2D eigenvalue weighted by Crippen LogP contribution is -2.14. The van der Waals surface area contributed by atoms with Crippen molar-refractivity contribution < 1.29 is 9.53 Å². The minimum absolute atomic E-state index is 0.309. The zero-order valence-electron chi connectivity index (χ0n) is 10.6. The minimum atomic E-state index is -0.399. The highest BCUT2D eigenvalue weighted by Crippen LogP contribution is 2.32. The lowest BCUT2D eigenvalue weighted by molar-refractivity contribution is 0.102. The SMILES string of the molecule is COc1c(N)cccc1C(=O)Nc1c(Cl)cccc1Cl. The molecular weight excluding hydrogens is 299 g/mol. The monoisotopic (exact) mass is 310 g/mol. The number of carbonyl (C=O) groups excluding carboxylic acids is 1. The van der Waals surface area contributed by atoms with Crippen molar-refractivity contribution in [2.75, 3.05) is 18.2 Å². The number of carbonyl (C=O) groups is 1. The number of anilines is 2. The molecule has 0 spiro atoms. The fourth-order valence-corrected chi connectivity index (χ4v) is 2.25. The lowest BCUT2D eigenvalue weighted by atomic mass is 10.1. The maximum absolute atomic E-state index is 12.3. The largest absolute Gasteiger partial charge is 0.494 e. The van der Waals surface area contributed by atoms with Crippen molar-refractivity contribution in [1.82, 2.24) is 0 Å². The van der Waals surface area contributed by atoms with Gasteiger partial charge in [-0.15, -0.1) is 0 Å². The van der Waals surface area contributed by atoms with E-state index in [-0.39, 0.29) is 0 Å². The fraction of sp³-hybridized carbons (Fsp3) is 0.0714. The summed E-state index contributed by atoms with van der Waals surface area (Å²) in [5, 5.41) is 3.37. The van der Waals surface area contributed by atoms with Gasteiger partial charge in [0.05, 0.1) is 34.1 Å². The van der Waals surface area contributed by atoms with Crippen LogP contribution in [0.1, 0.15) is 10.4 Å². The molecule has 104 valence electrons. The molecule has 0 aromatic heterocycles. The van der Waals surface area contributed by atoms with Crippen molar-refractivity contribution in [3.63, 3.8) is 0 Å². The molecule has 0 aliphatic carbocycles. The van der Waals surface area contributed by atoms with Crippen LogP contribution in [0.5, 0.6) is 5.75 Å². The van der Waals surface area contributed by atoms with Gasteiger partial charge in [0.25, 0.3) is 5.91 Å². The predicted molar refractivity (Wildman–Crippen MR) is 81.8 cm³/mol. The van der Waals surface area contributed by atoms with Crippen LogP contribution in [0, 0.1) is 0 Å². The van der Waals surface area contributed by atoms with Crippen LogP contribution in [0.15, 0.2) is 36.4 Å². The van der Waals surface area contributed by atoms with Gasteiger partial charge in [-0.05, 0) is 24.3 Å². The molecule has 0 unspecified atom stereocenters. The van der Waals surface area contributed by atoms with Gasteiger partial charge in [-0.2, -0.15) is 0 Å². The van der Waals surface area contributed by atoms with E-state index < -0.39 is 5.91 Å². The van der Waals surface area contributed by atoms with Crippen molar-refractivity contribution in [1.29, 1.82) is 0 Å². The minimum Gasteiger partial charge on any atom is -0.494 e. The van der Waals surface area contributed by atoms with E-state index in [0.717, 1.165) is 0 Å². The van der Waals surface area contributed by atoms with E-state index >= 15 is 0 Å². The summed E-state index contributed by atoms with van der Waals surface area (Å²) in [7, 11) is 1.45. The Balaban J connectivity index is 2.36. The van der Waals surface area contributed by atoms with Gasteiger partial charge in [-0.1, -0.05) is 35.3 Å². The first-order valence-corrected chi connectivity index (χ1v) is 6.48. The van der Waals surface area contributed by atoms with Crippen LogP contribution in [0.3, 0.4) is 0 Å². The Bertz CT molecular complexity index is 639. The summed E-state index contributed by atoms with van der Waals surface area (Å²) in [6.07, 6.45) is 0. The normalized spacial score (nSPS) is 10.2. The first-order chi connectivity index (χ1) is 9.54. The highest BCUT2D eigenvalue weighted by atomic mass is 35.5. The average Bonchev–Trinajstić information content (AvgIpc) is 2.42. The third-order valence-corrected chi connectivity index (χ3v) is 3.33. The Morgan fingerprint density at radius 2 is 1.75 bits per heavy atom. The second kappa shape index (κ2) is 6.03. The molecule has 2 rings (SSSR count). The van der Waals surface area contributed by atoms with E-state index in [0.29, 0.717) is 32.7 Å². The summed E-state index contributed by atoms with van der Waals surface area (Å²) in [5.41, 5.74) is 6.81. The van der Waals surface area contributed by atoms with Crippen molar-refractivity contribution in [3.05, 3.63) is 52.0 Å². The van der Waals surface area contributed by atoms with Crippen LogP contribution in [0.2, 0.25) is 10.0 Å². The second-order valence-corrected chi connectivity index (χ2v) is 4.79. The molecule has 0 saturated heterocycles. The Kier molecular flexibility index (Phi) is 4.37. The number of hydrogen-bond donors (Lipinski definition) is 2. The van der Waals surface area contributed by atoms with E-state index in [2.05, 4.69) is 5.32 Å². The van der Waals surface area contributed by atoms with Gasteiger partial charge in [0.15, 0.2) is 5.75 Å². The van der Waals surface area contributed by atoms with Crippen molar-refractivity contribution >= 4 is 40.5 Å². The summed E-state index contributed by atoms with van der Waals surface area (Å²) in [6.45, 7) is 0. The maximum Gasteiger partial charge on any atom is 0.259 e. The predicted octanol–water partition coefficient (Wildman–Crippen LogP) is 3.84. The van der Waals surface area contributed by atoms with Gasteiger partial charge in [0.1, 0.15) is 0 Å². The number of methoxy groups -OCH3 is 1. The average molecular weight is 311 g/mol. The van der Waals surface area contributed by atoms with Crippen LogP contribution < -0.4 is 15.8 Å². The number of ether oxygens (including phenoxy) is 1. The van der Waals surface area contributed by atoms with Crippen LogP contribution in [-0.2, 0) is 0 Å². The summed E-state index contributed by atoms with van der Waals surface area (Å²) in [4.78, 5) is 12.3. The van der Waals surface area contributed by atoms with E-state index in [1.807, 2.05) is 0 Å². The number of hydrogen-bond acceptors (Lipinski definition) is 3. The molecule has 0 saturated carbocycles. The summed E-state index contributed by atoms with van der Waals surface area (Å²) in [5.74, 6) is -0.0858. The number of para-hydroxylation sites is 2. The van der Waals surface area contributed by atoms with Crippen molar-refractivity contribution in [2.24, 2.45) is 0 Å². The number of amides is 1. The zero-order chi connectivity index (χ0) is 14.7. The zero-order valence-corrected chi connectivity index (χ0v) is 12.1. The Labute approximate surface area is 126 Å². The molecule has 0 aliphatic heterocycles. The van der Waals surface area contributed by atoms with Crippen molar-refractivity contribution in [3.8, 4) is 5.75 Å². The van der Waals surface area contributed by atoms with E-state index in [4.69, 9.17) is 33.7 Å². The molecule has 0 atom stereocenters. The van der Waals surface area contributed by atoms with Gasteiger partial charge >= 0.3 is 0 Å². The molecule has 0 aliphatic rings. The molecule has 2 aromatic rings. The summed E-state index contributed by atoms with van der Waals surface area (Å²) >= 11 is 12.0. The van der Waals surface area contributed by atoms with Crippen LogP contribution in [0.4, 0.5) is 11.4 Å². The molecule has 4 nitrogen and oxygen atoms in total. The molecule has 6 heteroatoms. The number of halogens is 2. The topological polar surface area (TPSA) is 64.3 Å². The molecule has 2 aromatic carbocycles. The fourth-order valence-electron chi connectivity index (χ4n) is 1.76. The highest BCUT2D eigenvalue weighted by Gasteiger charge is 2.16. The molecule has 0 bridgehead atoms. The molecule has 0 heterocycles. The second-order valence-electron chi connectivity index (χ2n) is 3.98. The van der Waals surface area contributed by atoms with Gasteiger partial charge < -0.3 is 15.8 Å². The third kappa shape index (κ3) is 2.81. The molecule has 20 heavy (non-hydrogen) atoms. The molecule has 0 fully saturated rings. The highest BCUT2D eigenvalue weighted by molar-refractivity contribution is 6.40. The maximum atomic E-state index is 12.3. The standard InChI is InChI=1S/C14H12Cl2N2O2/c1-20-13-8(4-2-7-11(13)17)14(19)18-12-9(15)5-3-6-10(12)16/h2-7H,17H2,1H3,(H,18,19). The van der Waals surface area contributed by atoms with Gasteiger partial charge in [0, 0.05) is 0 Å². The quantitative estimate of drug-likeness (QED) is 0.847. The van der Waals surface area contributed by atoms with Crippen molar-refractivity contribution in [2.45, 2.75) is 0 Å². The van der Waals surface area contributed by atoms with Gasteiger partial charge in [0.2, 0.25) is 0 Å². The number of nitrogens with two attached hydrogens (primary N) is 1. The third-order valence-electron chi connectivity index (χ3n) is 2.70. The number of nitrogens with one attached hydrogen (secondary N) is 1. The smallest absolute Gasteiger partial charge is 0.259 e. The first-order valence-electron chi connectivity index (χ1n) is 5.72. The lowest BCUT2D eigenvalue weighted by Gasteiger charge is -2.12. The summed E-state index contributed by atoms with van der Waals surface area (Å²) < 4.78 is 5.14. The summed E-state index contributed by atoms with van der Waals surface area (Å²) in [6, 6.07) is 9.90.